The first-order valence-corrected chi connectivity index (χ1v) is 15.8. The lowest BCUT2D eigenvalue weighted by Gasteiger charge is -2.63. The van der Waals surface area contributed by atoms with Crippen molar-refractivity contribution in [3.8, 4) is 0 Å². The number of ketones is 2. The van der Waals surface area contributed by atoms with Crippen LogP contribution in [0.15, 0.2) is 36.0 Å². The summed E-state index contributed by atoms with van der Waals surface area (Å²) in [5.41, 5.74) is -6.83. The van der Waals surface area contributed by atoms with Crippen LogP contribution >= 0.6 is 11.8 Å². The van der Waals surface area contributed by atoms with Crippen LogP contribution in [0.3, 0.4) is 0 Å². The lowest BCUT2D eigenvalue weighted by molar-refractivity contribution is -0.228. The van der Waals surface area contributed by atoms with Crippen molar-refractivity contribution in [1.82, 2.24) is 0 Å². The zero-order valence-electron chi connectivity index (χ0n) is 25.2. The Hall–Kier alpha value is -2.66. The molecule has 3 saturated carbocycles. The van der Waals surface area contributed by atoms with E-state index in [0.29, 0.717) is 0 Å². The number of hydrogen-bond donors (Lipinski definition) is 1. The van der Waals surface area contributed by atoms with Crippen LogP contribution in [-0.4, -0.2) is 69.6 Å². The Bertz CT molecular complexity index is 1290. The number of halogens is 2. The third-order valence-electron chi connectivity index (χ3n) is 10.3. The van der Waals surface area contributed by atoms with Gasteiger partial charge in [-0.15, -0.1) is 0 Å². The van der Waals surface area contributed by atoms with E-state index in [1.54, 1.807) is 33.8 Å². The normalized spacial score (nSPS) is 39.9. The molecule has 8 nitrogen and oxygen atoms in total. The number of carbonyl (C=O) groups excluding carboxylic acids is 5. The molecule has 43 heavy (non-hydrogen) atoms. The minimum atomic E-state index is -2.32. The summed E-state index contributed by atoms with van der Waals surface area (Å²) in [6.07, 6.45) is 2.97. The summed E-state index contributed by atoms with van der Waals surface area (Å²) in [7, 11) is 0. The zero-order chi connectivity index (χ0) is 32.0. The van der Waals surface area contributed by atoms with E-state index in [-0.39, 0.29) is 50.0 Å². The molecule has 4 aliphatic carbocycles. The van der Waals surface area contributed by atoms with E-state index in [1.165, 1.54) is 25.2 Å². The summed E-state index contributed by atoms with van der Waals surface area (Å²) in [4.78, 5) is 62.4. The lowest BCUT2D eigenvalue weighted by Crippen LogP contribution is -2.70. The second-order valence-corrected chi connectivity index (χ2v) is 13.5. The van der Waals surface area contributed by atoms with E-state index in [1.807, 2.05) is 0 Å². The summed E-state index contributed by atoms with van der Waals surface area (Å²) < 4.78 is 44.0. The molecule has 0 aromatic carbocycles. The molecule has 0 aromatic rings. The van der Waals surface area contributed by atoms with E-state index < -0.39 is 80.7 Å². The lowest BCUT2D eigenvalue weighted by atomic mass is 9.44. The minimum Gasteiger partial charge on any atom is -0.460 e. The predicted molar refractivity (Wildman–Crippen MR) is 155 cm³/mol. The van der Waals surface area contributed by atoms with Crippen LogP contribution in [-0.2, 0) is 33.4 Å². The number of hydrogen-bond acceptors (Lipinski definition) is 9. The average Bonchev–Trinajstić information content (AvgIpc) is 3.17. The SMILES string of the molecule is CCOC(=O)C(=O)C/C=C/CSC(=O)[C@@]1(OC(=O)CC)[C@H](C)C[C@H]2[C@@H]3C[C@H](F)C4=CC(=O)C=C[C@]4(C)[C@@]3(F)[C@@H](O)C[C@@]21C. The predicted octanol–water partition coefficient (Wildman–Crippen LogP) is 4.58. The van der Waals surface area contributed by atoms with Gasteiger partial charge in [0.15, 0.2) is 17.1 Å². The molecule has 0 spiro atoms. The van der Waals surface area contributed by atoms with Crippen molar-refractivity contribution in [1.29, 1.82) is 0 Å². The minimum absolute atomic E-state index is 0.0102. The van der Waals surface area contributed by atoms with E-state index in [4.69, 9.17) is 4.74 Å². The van der Waals surface area contributed by atoms with Crippen molar-refractivity contribution in [2.24, 2.45) is 28.6 Å². The van der Waals surface area contributed by atoms with E-state index >= 15 is 8.78 Å². The second kappa shape index (κ2) is 12.0. The fourth-order valence-corrected chi connectivity index (χ4v) is 9.33. The van der Waals surface area contributed by atoms with Crippen LogP contribution in [0.5, 0.6) is 0 Å². The number of aliphatic hydroxyl groups excluding tert-OH is 1. The topological polar surface area (TPSA) is 124 Å². The molecule has 0 amide bonds. The Kier molecular flexibility index (Phi) is 9.30. The number of aliphatic hydroxyl groups is 1. The molecule has 0 saturated heterocycles. The zero-order valence-corrected chi connectivity index (χ0v) is 26.0. The van der Waals surface area contributed by atoms with Crippen molar-refractivity contribution >= 4 is 40.4 Å². The molecular formula is C32H40F2O8S. The number of esters is 2. The summed E-state index contributed by atoms with van der Waals surface area (Å²) in [6, 6.07) is 0. The van der Waals surface area contributed by atoms with Gasteiger partial charge in [0.25, 0.3) is 0 Å². The van der Waals surface area contributed by atoms with Gasteiger partial charge in [0.05, 0.1) is 12.7 Å². The molecule has 0 radical (unpaired) electrons. The molecule has 0 bridgehead atoms. The van der Waals surface area contributed by atoms with E-state index in [0.717, 1.165) is 17.8 Å². The fourth-order valence-electron chi connectivity index (χ4n) is 8.25. The van der Waals surface area contributed by atoms with Crippen LogP contribution in [0, 0.1) is 28.6 Å². The maximum absolute atomic E-state index is 17.5. The van der Waals surface area contributed by atoms with Gasteiger partial charge in [-0.2, -0.15) is 0 Å². The van der Waals surface area contributed by atoms with Crippen molar-refractivity contribution in [3.05, 3.63) is 36.0 Å². The highest BCUT2D eigenvalue weighted by atomic mass is 32.2. The van der Waals surface area contributed by atoms with Crippen LogP contribution < -0.4 is 0 Å². The van der Waals surface area contributed by atoms with Crippen LogP contribution in [0.2, 0.25) is 0 Å². The fraction of sp³-hybridized carbons (Fsp3) is 0.656. The number of Topliss-reactive ketones (excluding diaryl/α,β-unsaturated/α-hetero) is 1. The smallest absolute Gasteiger partial charge is 0.374 e. The number of fused-ring (bicyclic) bond motifs is 5. The molecule has 1 N–H and O–H groups in total. The monoisotopic (exact) mass is 622 g/mol. The number of carbonyl (C=O) groups is 5. The summed E-state index contributed by atoms with van der Waals surface area (Å²) >= 11 is 0.864. The van der Waals surface area contributed by atoms with Crippen LogP contribution in [0.25, 0.3) is 0 Å². The van der Waals surface area contributed by atoms with Gasteiger partial charge in [-0.05, 0) is 56.8 Å². The maximum atomic E-state index is 17.5. The first-order valence-electron chi connectivity index (χ1n) is 14.8. The molecule has 9 atom stereocenters. The van der Waals surface area contributed by atoms with Gasteiger partial charge in [0, 0.05) is 41.3 Å². The first-order chi connectivity index (χ1) is 20.1. The van der Waals surface area contributed by atoms with E-state index in [2.05, 4.69) is 4.74 Å². The molecule has 236 valence electrons. The molecule has 0 unspecified atom stereocenters. The highest BCUT2D eigenvalue weighted by molar-refractivity contribution is 8.14. The quantitative estimate of drug-likeness (QED) is 0.224. The maximum Gasteiger partial charge on any atom is 0.374 e. The molecule has 4 aliphatic rings. The van der Waals surface area contributed by atoms with Gasteiger partial charge in [-0.3, -0.25) is 19.2 Å². The van der Waals surface area contributed by atoms with Gasteiger partial charge in [0.1, 0.15) is 6.17 Å². The van der Waals surface area contributed by atoms with Gasteiger partial charge in [-0.25, -0.2) is 13.6 Å². The Morgan fingerprint density at radius 2 is 1.84 bits per heavy atom. The van der Waals surface area contributed by atoms with Crippen molar-refractivity contribution in [2.75, 3.05) is 12.4 Å². The number of ether oxygens (including phenoxy) is 2. The van der Waals surface area contributed by atoms with Gasteiger partial charge in [0.2, 0.25) is 10.9 Å². The Morgan fingerprint density at radius 1 is 1.14 bits per heavy atom. The van der Waals surface area contributed by atoms with Crippen LogP contribution in [0.4, 0.5) is 8.78 Å². The Morgan fingerprint density at radius 3 is 2.49 bits per heavy atom. The molecule has 0 aliphatic heterocycles. The second-order valence-electron chi connectivity index (χ2n) is 12.5. The van der Waals surface area contributed by atoms with Crippen molar-refractivity contribution < 1.29 is 47.3 Å². The summed E-state index contributed by atoms with van der Waals surface area (Å²) in [6.45, 7) is 8.25. The number of thioether (sulfide) groups is 1. The highest BCUT2D eigenvalue weighted by Gasteiger charge is 2.78. The number of alkyl halides is 2. The molecule has 4 rings (SSSR count). The number of rotatable bonds is 9. The molecule has 3 fully saturated rings. The highest BCUT2D eigenvalue weighted by Crippen LogP contribution is 2.72. The molecule has 0 aromatic heterocycles. The van der Waals surface area contributed by atoms with Crippen molar-refractivity contribution in [3.63, 3.8) is 0 Å². The van der Waals surface area contributed by atoms with Gasteiger partial charge >= 0.3 is 11.9 Å². The van der Waals surface area contributed by atoms with Gasteiger partial charge < -0.3 is 14.6 Å². The largest absolute Gasteiger partial charge is 0.460 e. The Labute approximate surface area is 254 Å². The summed E-state index contributed by atoms with van der Waals surface area (Å²) in [5.74, 6) is -4.84. The third kappa shape index (κ3) is 5.04. The Balaban J connectivity index is 1.66. The standard InChI is InChI=1S/C32H40F2O8S/c1-6-26(38)42-32(28(40)43-13-9-8-10-24(36)27(39)41-7-2)18(3)14-20-21-16-23(33)22-15-19(35)11-12-29(22,4)31(21,34)25(37)17-30(20,32)5/h8-9,11-12,15,18,20-21,23,25,37H,6-7,10,13-14,16-17H2,1-5H3/b9-8+/t18-,20+,21+,23+,25+,29+,30+,31+,32+/m1/s1. The third-order valence-corrected chi connectivity index (χ3v) is 11.2. The number of allylic oxidation sites excluding steroid dienone is 5. The van der Waals surface area contributed by atoms with Crippen molar-refractivity contribution in [2.45, 2.75) is 90.3 Å². The van der Waals surface area contributed by atoms with Gasteiger partial charge in [-0.1, -0.05) is 50.8 Å². The molecular weight excluding hydrogens is 582 g/mol. The molecule has 0 heterocycles. The van der Waals surface area contributed by atoms with E-state index in [9.17, 15) is 29.1 Å². The molecule has 11 heteroatoms. The average molecular weight is 623 g/mol. The van der Waals surface area contributed by atoms with Crippen LogP contribution in [0.1, 0.15) is 66.7 Å². The summed E-state index contributed by atoms with van der Waals surface area (Å²) in [5, 5.41) is 11.1. The first kappa shape index (κ1) is 33.2.